The normalized spacial score (nSPS) is 29.0. The zero-order valence-electron chi connectivity index (χ0n) is 20.1. The van der Waals surface area contributed by atoms with Gasteiger partial charge in [0.2, 0.25) is 6.41 Å². The van der Waals surface area contributed by atoms with Crippen LogP contribution in [0.25, 0.3) is 0 Å². The standard InChI is InChI=1S/C18H29FN2.C8H6F3NO/c1-15-3-5-18(6-4-15)13-21(14-18)12-17(11-20)9-7-16(2,19)8-10-17;9-6-1-5(8(10)11)2-7(3-6)12-4-13/h15H,3-10,12-14H2,1-2H3;1-4,8H,(H,12,13). The third-order valence-electron chi connectivity index (χ3n) is 7.86. The Labute approximate surface area is 199 Å². The number of anilines is 1. The maximum atomic E-state index is 14.0. The summed E-state index contributed by atoms with van der Waals surface area (Å²) in [5.74, 6) is 0.0952. The summed E-state index contributed by atoms with van der Waals surface area (Å²) in [4.78, 5) is 12.4. The fourth-order valence-electron chi connectivity index (χ4n) is 5.58. The molecule has 4 nitrogen and oxygen atoms in total. The van der Waals surface area contributed by atoms with Crippen molar-refractivity contribution in [2.75, 3.05) is 25.0 Å². The molecule has 0 unspecified atom stereocenters. The molecule has 0 radical (unpaired) electrons. The molecule has 1 aromatic rings. The highest BCUT2D eigenvalue weighted by Gasteiger charge is 2.48. The molecule has 1 N–H and O–H groups in total. The van der Waals surface area contributed by atoms with Crippen molar-refractivity contribution < 1.29 is 22.4 Å². The number of hydrogen-bond acceptors (Lipinski definition) is 3. The van der Waals surface area contributed by atoms with Crippen molar-refractivity contribution in [2.24, 2.45) is 16.7 Å². The van der Waals surface area contributed by atoms with E-state index in [1.165, 1.54) is 38.8 Å². The number of alkyl halides is 3. The summed E-state index contributed by atoms with van der Waals surface area (Å²) in [5.41, 5.74) is -1.20. The maximum Gasteiger partial charge on any atom is 0.264 e. The number of carbonyl (C=O) groups is 1. The van der Waals surface area contributed by atoms with Gasteiger partial charge in [0, 0.05) is 30.9 Å². The predicted octanol–water partition coefficient (Wildman–Crippen LogP) is 6.64. The molecule has 0 aromatic heterocycles. The van der Waals surface area contributed by atoms with Gasteiger partial charge in [0.15, 0.2) is 0 Å². The lowest BCUT2D eigenvalue weighted by Crippen LogP contribution is -2.60. The molecule has 1 spiro atoms. The van der Waals surface area contributed by atoms with Gasteiger partial charge < -0.3 is 10.2 Å². The first kappa shape index (κ1) is 26.5. The van der Waals surface area contributed by atoms with Crippen LogP contribution in [0.2, 0.25) is 0 Å². The van der Waals surface area contributed by atoms with Gasteiger partial charge in [-0.1, -0.05) is 19.8 Å². The molecule has 3 aliphatic rings. The molecule has 4 rings (SSSR count). The monoisotopic (exact) mass is 481 g/mol. The molecule has 1 heterocycles. The highest BCUT2D eigenvalue weighted by Crippen LogP contribution is 2.48. The fourth-order valence-corrected chi connectivity index (χ4v) is 5.58. The van der Waals surface area contributed by atoms with E-state index in [2.05, 4.69) is 23.2 Å². The van der Waals surface area contributed by atoms with E-state index in [0.29, 0.717) is 24.7 Å². The first-order chi connectivity index (χ1) is 16.0. The van der Waals surface area contributed by atoms with E-state index in [9.17, 15) is 27.6 Å². The number of nitriles is 1. The van der Waals surface area contributed by atoms with Gasteiger partial charge in [0.05, 0.1) is 11.5 Å². The van der Waals surface area contributed by atoms with Crippen molar-refractivity contribution in [3.63, 3.8) is 0 Å². The van der Waals surface area contributed by atoms with Gasteiger partial charge in [-0.15, -0.1) is 0 Å². The number of halogens is 4. The highest BCUT2D eigenvalue weighted by molar-refractivity contribution is 5.71. The Bertz CT molecular complexity index is 873. The van der Waals surface area contributed by atoms with Crippen LogP contribution < -0.4 is 5.32 Å². The minimum absolute atomic E-state index is 0.0188. The molecule has 1 amide bonds. The van der Waals surface area contributed by atoms with Crippen LogP contribution in [0.4, 0.5) is 23.2 Å². The Kier molecular flexibility index (Phi) is 8.28. The second kappa shape index (κ2) is 10.6. The van der Waals surface area contributed by atoms with Crippen molar-refractivity contribution in [1.29, 1.82) is 5.26 Å². The Morgan fingerprint density at radius 2 is 1.76 bits per heavy atom. The quantitative estimate of drug-likeness (QED) is 0.379. The van der Waals surface area contributed by atoms with E-state index in [4.69, 9.17) is 0 Å². The largest absolute Gasteiger partial charge is 0.329 e. The van der Waals surface area contributed by atoms with E-state index < -0.39 is 23.5 Å². The van der Waals surface area contributed by atoms with Crippen LogP contribution in [0, 0.1) is 33.9 Å². The number of carbonyl (C=O) groups excluding carboxylic acids is 1. The van der Waals surface area contributed by atoms with E-state index in [1.807, 2.05) is 0 Å². The van der Waals surface area contributed by atoms with Crippen molar-refractivity contribution in [3.05, 3.63) is 29.6 Å². The molecule has 2 aliphatic carbocycles. The number of amides is 1. The average Bonchev–Trinajstić information content (AvgIpc) is 2.76. The Morgan fingerprint density at radius 3 is 2.29 bits per heavy atom. The summed E-state index contributed by atoms with van der Waals surface area (Å²) in [6.45, 7) is 7.28. The summed E-state index contributed by atoms with van der Waals surface area (Å²) in [5, 5.41) is 11.7. The Balaban J connectivity index is 0.000000215. The van der Waals surface area contributed by atoms with Crippen LogP contribution in [0.15, 0.2) is 18.2 Å². The number of likely N-dealkylation sites (tertiary alicyclic amines) is 1. The first-order valence-electron chi connectivity index (χ1n) is 12.1. The number of nitrogens with one attached hydrogen (secondary N) is 1. The zero-order chi connectivity index (χ0) is 25.0. The lowest BCUT2D eigenvalue weighted by Gasteiger charge is -2.55. The van der Waals surface area contributed by atoms with Gasteiger partial charge in [-0.2, -0.15) is 5.26 Å². The second-order valence-corrected chi connectivity index (χ2v) is 11.0. The average molecular weight is 482 g/mol. The van der Waals surface area contributed by atoms with Crippen LogP contribution in [-0.4, -0.2) is 36.6 Å². The lowest BCUT2D eigenvalue weighted by atomic mass is 9.64. The molecule has 0 bridgehead atoms. The maximum absolute atomic E-state index is 14.0. The summed E-state index contributed by atoms with van der Waals surface area (Å²) in [6.07, 6.45) is 5.60. The lowest BCUT2D eigenvalue weighted by molar-refractivity contribution is -0.105. The van der Waals surface area contributed by atoms with Crippen LogP contribution >= 0.6 is 0 Å². The molecular weight excluding hydrogens is 446 g/mol. The van der Waals surface area contributed by atoms with Crippen molar-refractivity contribution in [3.8, 4) is 6.07 Å². The minimum Gasteiger partial charge on any atom is -0.329 e. The molecule has 3 fully saturated rings. The minimum atomic E-state index is -2.75. The number of hydrogen-bond donors (Lipinski definition) is 1. The predicted molar refractivity (Wildman–Crippen MR) is 124 cm³/mol. The molecule has 1 aromatic carbocycles. The summed E-state index contributed by atoms with van der Waals surface area (Å²) in [6, 6.07) is 5.24. The topological polar surface area (TPSA) is 56.1 Å². The number of benzene rings is 1. The molecular formula is C26H35F4N3O. The Morgan fingerprint density at radius 1 is 1.15 bits per heavy atom. The molecule has 1 aliphatic heterocycles. The third kappa shape index (κ3) is 6.71. The van der Waals surface area contributed by atoms with Gasteiger partial charge >= 0.3 is 0 Å². The Hall–Kier alpha value is -2.14. The second-order valence-electron chi connectivity index (χ2n) is 11.0. The SMILES string of the molecule is CC1CCC2(CC1)CN(CC1(C#N)CCC(C)(F)CC1)C2.O=CNc1cc(F)cc(C(F)F)c1. The molecule has 2 saturated carbocycles. The summed E-state index contributed by atoms with van der Waals surface area (Å²) in [7, 11) is 0. The molecule has 1 saturated heterocycles. The molecule has 0 atom stereocenters. The van der Waals surface area contributed by atoms with Gasteiger partial charge in [-0.05, 0) is 75.0 Å². The summed E-state index contributed by atoms with van der Waals surface area (Å²) < 4.78 is 50.8. The van der Waals surface area contributed by atoms with Crippen LogP contribution in [0.5, 0.6) is 0 Å². The fraction of sp³-hybridized carbons (Fsp3) is 0.692. The molecule has 188 valence electrons. The van der Waals surface area contributed by atoms with E-state index >= 15 is 0 Å². The van der Waals surface area contributed by atoms with Crippen molar-refractivity contribution in [1.82, 2.24) is 4.90 Å². The number of rotatable bonds is 5. The van der Waals surface area contributed by atoms with Gasteiger partial charge in [-0.25, -0.2) is 17.6 Å². The zero-order valence-corrected chi connectivity index (χ0v) is 20.1. The van der Waals surface area contributed by atoms with Crippen molar-refractivity contribution in [2.45, 2.75) is 77.3 Å². The van der Waals surface area contributed by atoms with Gasteiger partial charge in [0.1, 0.15) is 11.5 Å². The van der Waals surface area contributed by atoms with Crippen LogP contribution in [-0.2, 0) is 4.79 Å². The van der Waals surface area contributed by atoms with Gasteiger partial charge in [-0.3, -0.25) is 4.79 Å². The van der Waals surface area contributed by atoms with E-state index in [1.54, 1.807) is 6.92 Å². The van der Waals surface area contributed by atoms with Crippen molar-refractivity contribution >= 4 is 12.1 Å². The molecule has 34 heavy (non-hydrogen) atoms. The van der Waals surface area contributed by atoms with Crippen LogP contribution in [0.3, 0.4) is 0 Å². The van der Waals surface area contributed by atoms with Crippen LogP contribution in [0.1, 0.15) is 77.2 Å². The first-order valence-corrected chi connectivity index (χ1v) is 12.1. The third-order valence-corrected chi connectivity index (χ3v) is 7.86. The molecule has 8 heteroatoms. The van der Waals surface area contributed by atoms with E-state index in [-0.39, 0.29) is 11.1 Å². The summed E-state index contributed by atoms with van der Waals surface area (Å²) >= 11 is 0. The smallest absolute Gasteiger partial charge is 0.264 e. The van der Waals surface area contributed by atoms with Gasteiger partial charge in [0.25, 0.3) is 6.43 Å². The number of nitrogens with zero attached hydrogens (tertiary/aromatic N) is 2. The van der Waals surface area contributed by atoms with E-state index in [0.717, 1.165) is 43.5 Å². The highest BCUT2D eigenvalue weighted by atomic mass is 19.3.